The van der Waals surface area contributed by atoms with Gasteiger partial charge in [-0.1, -0.05) is 30.3 Å². The van der Waals surface area contributed by atoms with Crippen LogP contribution in [0.3, 0.4) is 0 Å². The zero-order valence-corrected chi connectivity index (χ0v) is 16.3. The van der Waals surface area contributed by atoms with E-state index in [4.69, 9.17) is 14.2 Å². The topological polar surface area (TPSA) is 93.5 Å². The van der Waals surface area contributed by atoms with Crippen LogP contribution in [0.25, 0.3) is 0 Å². The van der Waals surface area contributed by atoms with Crippen LogP contribution in [0, 0.1) is 16.7 Å². The van der Waals surface area contributed by atoms with E-state index >= 15 is 0 Å². The molecule has 2 aliphatic rings. The van der Waals surface area contributed by atoms with E-state index in [1.165, 1.54) is 7.11 Å². The Balaban J connectivity index is 1.20. The molecule has 1 aromatic carbocycles. The Morgan fingerprint density at radius 3 is 2.59 bits per heavy atom. The van der Waals surface area contributed by atoms with Crippen LogP contribution in [0.2, 0.25) is 0 Å². The molecule has 2 fully saturated rings. The summed E-state index contributed by atoms with van der Waals surface area (Å²) < 4.78 is 16.5. The monoisotopic (exact) mass is 393 g/mol. The van der Waals surface area contributed by atoms with E-state index in [2.05, 4.69) is 16.4 Å². The van der Waals surface area contributed by atoms with Crippen LogP contribution >= 0.6 is 0 Å². The fraction of sp³-hybridized carbons (Fsp3) is 0.409. The second-order valence-corrected chi connectivity index (χ2v) is 7.74. The molecule has 1 spiro atoms. The van der Waals surface area contributed by atoms with Crippen molar-refractivity contribution in [2.45, 2.75) is 44.4 Å². The van der Waals surface area contributed by atoms with E-state index < -0.39 is 0 Å². The lowest BCUT2D eigenvalue weighted by atomic mass is 9.53. The highest BCUT2D eigenvalue weighted by Gasteiger charge is 2.55. The number of alkyl carbamates (subject to hydrolysis) is 1. The number of ether oxygens (including phenoxy) is 3. The summed E-state index contributed by atoms with van der Waals surface area (Å²) in [6, 6.07) is 15.1. The zero-order chi connectivity index (χ0) is 20.3. The number of hydrogen-bond acceptors (Lipinski definition) is 6. The van der Waals surface area contributed by atoms with Crippen molar-refractivity contribution in [3.8, 4) is 17.8 Å². The minimum absolute atomic E-state index is 0.0227. The average Bonchev–Trinajstić information content (AvgIpc) is 2.69. The molecule has 0 unspecified atom stereocenters. The maximum absolute atomic E-state index is 12.0. The number of carbonyl (C=O) groups excluding carboxylic acids is 1. The Labute approximate surface area is 169 Å². The van der Waals surface area contributed by atoms with Crippen molar-refractivity contribution in [1.82, 2.24) is 10.3 Å². The van der Waals surface area contributed by atoms with E-state index in [9.17, 15) is 10.1 Å². The van der Waals surface area contributed by atoms with Crippen LogP contribution in [0.1, 0.15) is 36.8 Å². The van der Waals surface area contributed by atoms with Gasteiger partial charge < -0.3 is 19.5 Å². The van der Waals surface area contributed by atoms with E-state index in [1.54, 1.807) is 12.1 Å². The van der Waals surface area contributed by atoms with Crippen molar-refractivity contribution in [1.29, 1.82) is 5.26 Å². The summed E-state index contributed by atoms with van der Waals surface area (Å²) in [5.74, 6) is 0.741. The Kier molecular flexibility index (Phi) is 5.26. The lowest BCUT2D eigenvalue weighted by Crippen LogP contribution is -2.55. The number of nitrogens with one attached hydrogen (secondary N) is 1. The van der Waals surface area contributed by atoms with Crippen molar-refractivity contribution in [2.24, 2.45) is 5.41 Å². The first kappa shape index (κ1) is 19.1. The van der Waals surface area contributed by atoms with Crippen molar-refractivity contribution in [2.75, 3.05) is 7.11 Å². The molecule has 0 radical (unpaired) electrons. The molecule has 2 saturated carbocycles. The quantitative estimate of drug-likeness (QED) is 0.806. The number of benzene rings is 1. The maximum atomic E-state index is 12.0. The number of nitrogens with zero attached hydrogens (tertiary/aromatic N) is 2. The fourth-order valence-electron chi connectivity index (χ4n) is 4.15. The van der Waals surface area contributed by atoms with Gasteiger partial charge in [0.15, 0.2) is 0 Å². The highest BCUT2D eigenvalue weighted by Crippen LogP contribution is 2.57. The number of nitriles is 1. The van der Waals surface area contributed by atoms with Crippen molar-refractivity contribution >= 4 is 6.09 Å². The van der Waals surface area contributed by atoms with Gasteiger partial charge in [0.2, 0.25) is 11.8 Å². The maximum Gasteiger partial charge on any atom is 0.407 e. The van der Waals surface area contributed by atoms with Gasteiger partial charge in [-0.25, -0.2) is 4.79 Å². The average molecular weight is 393 g/mol. The van der Waals surface area contributed by atoms with E-state index in [0.29, 0.717) is 23.9 Å². The molecule has 2 aromatic rings. The van der Waals surface area contributed by atoms with Gasteiger partial charge in [-0.2, -0.15) is 10.2 Å². The molecule has 1 N–H and O–H groups in total. The molecule has 7 nitrogen and oxygen atoms in total. The van der Waals surface area contributed by atoms with Crippen LogP contribution in [0.15, 0.2) is 42.5 Å². The van der Waals surface area contributed by atoms with Gasteiger partial charge in [-0.3, -0.25) is 0 Å². The molecular weight excluding hydrogens is 370 g/mol. The molecule has 7 heteroatoms. The molecule has 4 rings (SSSR count). The molecule has 1 heterocycles. The molecule has 0 bridgehead atoms. The third-order valence-corrected chi connectivity index (χ3v) is 5.64. The number of carbonyl (C=O) groups is 1. The van der Waals surface area contributed by atoms with Crippen LogP contribution in [-0.4, -0.2) is 30.4 Å². The molecule has 0 saturated heterocycles. The van der Waals surface area contributed by atoms with Gasteiger partial charge in [0.1, 0.15) is 23.8 Å². The summed E-state index contributed by atoms with van der Waals surface area (Å²) in [6.45, 7) is 0.461. The lowest BCUT2D eigenvalue weighted by Gasteiger charge is -2.56. The summed E-state index contributed by atoms with van der Waals surface area (Å²) in [6.07, 6.45) is 3.06. The van der Waals surface area contributed by atoms with Crippen LogP contribution in [-0.2, 0) is 11.3 Å². The number of rotatable bonds is 6. The number of methoxy groups -OCH3 is 1. The summed E-state index contributed by atoms with van der Waals surface area (Å²) in [7, 11) is 1.53. The minimum atomic E-state index is -0.375. The third-order valence-electron chi connectivity index (χ3n) is 5.64. The highest BCUT2D eigenvalue weighted by atomic mass is 16.6. The molecule has 0 aliphatic heterocycles. The summed E-state index contributed by atoms with van der Waals surface area (Å²) in [5, 5.41) is 12.0. The predicted octanol–water partition coefficient (Wildman–Crippen LogP) is 3.58. The third kappa shape index (κ3) is 4.27. The van der Waals surface area contributed by atoms with Gasteiger partial charge in [0.25, 0.3) is 0 Å². The molecule has 2 aliphatic carbocycles. The number of aromatic nitrogens is 1. The van der Waals surface area contributed by atoms with E-state index in [-0.39, 0.29) is 23.7 Å². The van der Waals surface area contributed by atoms with Crippen LogP contribution in [0.5, 0.6) is 11.8 Å². The van der Waals surface area contributed by atoms with E-state index in [1.807, 2.05) is 30.3 Å². The second-order valence-electron chi connectivity index (χ2n) is 7.74. The molecule has 1 amide bonds. The van der Waals surface area contributed by atoms with Gasteiger partial charge in [-0.05, 0) is 42.7 Å². The summed E-state index contributed by atoms with van der Waals surface area (Å²) in [5.41, 5.74) is 1.62. The van der Waals surface area contributed by atoms with Crippen LogP contribution in [0.4, 0.5) is 4.79 Å². The zero-order valence-electron chi connectivity index (χ0n) is 16.3. The summed E-state index contributed by atoms with van der Waals surface area (Å²) >= 11 is 0. The standard InChI is InChI=1S/C22H23N3O4/c1-27-19-8-7-16(13-23)20(25-19)28-17-9-22(10-17)11-18(12-22)29-21(26)24-14-15-5-3-2-4-6-15/h2-8,17-18H,9-12,14H2,1H3,(H,24,26). The van der Waals surface area contributed by atoms with Crippen molar-refractivity contribution in [3.05, 3.63) is 53.6 Å². The Bertz CT molecular complexity index is 911. The fourth-order valence-corrected chi connectivity index (χ4v) is 4.15. The van der Waals surface area contributed by atoms with Gasteiger partial charge in [0.05, 0.1) is 7.11 Å². The first-order chi connectivity index (χ1) is 14.1. The van der Waals surface area contributed by atoms with Gasteiger partial charge in [0, 0.05) is 12.6 Å². The molecule has 150 valence electrons. The second kappa shape index (κ2) is 8.00. The Morgan fingerprint density at radius 1 is 1.17 bits per heavy atom. The molecule has 0 atom stereocenters. The molecule has 1 aromatic heterocycles. The molecular formula is C22H23N3O4. The SMILES string of the molecule is COc1ccc(C#N)c(OC2CC3(CC(OC(=O)NCc4ccccc4)C3)C2)n1. The smallest absolute Gasteiger partial charge is 0.407 e. The first-order valence-electron chi connectivity index (χ1n) is 9.69. The normalized spacial score (nSPS) is 24.6. The van der Waals surface area contributed by atoms with Crippen molar-refractivity contribution in [3.63, 3.8) is 0 Å². The number of hydrogen-bond donors (Lipinski definition) is 1. The Hall–Kier alpha value is -3.27. The van der Waals surface area contributed by atoms with Gasteiger partial charge in [-0.15, -0.1) is 0 Å². The van der Waals surface area contributed by atoms with Crippen LogP contribution < -0.4 is 14.8 Å². The Morgan fingerprint density at radius 2 is 1.90 bits per heavy atom. The largest absolute Gasteiger partial charge is 0.481 e. The lowest BCUT2D eigenvalue weighted by molar-refractivity contribution is -0.133. The van der Waals surface area contributed by atoms with Crippen molar-refractivity contribution < 1.29 is 19.0 Å². The minimum Gasteiger partial charge on any atom is -0.481 e. The number of amides is 1. The highest BCUT2D eigenvalue weighted by molar-refractivity contribution is 5.67. The van der Waals surface area contributed by atoms with Gasteiger partial charge >= 0.3 is 6.09 Å². The molecule has 29 heavy (non-hydrogen) atoms. The predicted molar refractivity (Wildman–Crippen MR) is 104 cm³/mol. The summed E-state index contributed by atoms with van der Waals surface area (Å²) in [4.78, 5) is 16.2. The first-order valence-corrected chi connectivity index (χ1v) is 9.69. The van der Waals surface area contributed by atoms with E-state index in [0.717, 1.165) is 31.2 Å². The number of pyridine rings is 1.